The third-order valence-electron chi connectivity index (χ3n) is 4.03. The van der Waals surface area contributed by atoms with Crippen molar-refractivity contribution in [3.63, 3.8) is 0 Å². The highest BCUT2D eigenvalue weighted by Crippen LogP contribution is 2.61. The number of aliphatic hydroxyl groups excluding tert-OH is 1. The minimum Gasteiger partial charge on any atom is -0.386 e. The highest BCUT2D eigenvalue weighted by molar-refractivity contribution is 7.48. The summed E-state index contributed by atoms with van der Waals surface area (Å²) < 4.78 is 61.2. The molecule has 0 radical (unpaired) electrons. The van der Waals surface area contributed by atoms with Gasteiger partial charge in [-0.3, -0.25) is 18.1 Å². The fourth-order valence-electron chi connectivity index (χ4n) is 2.83. The van der Waals surface area contributed by atoms with Gasteiger partial charge in [0, 0.05) is 6.20 Å². The molecular weight excluding hydrogens is 415 g/mol. The van der Waals surface area contributed by atoms with E-state index in [0.717, 1.165) is 6.20 Å². The van der Waals surface area contributed by atoms with Gasteiger partial charge in [-0.15, -0.1) is 0 Å². The fourth-order valence-corrected chi connectivity index (χ4v) is 4.61. The van der Waals surface area contributed by atoms with E-state index < -0.39 is 56.7 Å². The van der Waals surface area contributed by atoms with E-state index in [1.54, 1.807) is 0 Å². The number of aromatic nitrogens is 2. The number of hydrogen-bond donors (Lipinski definition) is 2. The second kappa shape index (κ2) is 7.03. The first-order chi connectivity index (χ1) is 12.5. The van der Waals surface area contributed by atoms with Crippen LogP contribution in [-0.2, 0) is 22.9 Å². The van der Waals surface area contributed by atoms with Crippen LogP contribution in [0.5, 0.6) is 0 Å². The standard InChI is InChI=1S/C13H17ClF2N3O7P/c1-5(2)25-27(22)23-4-13(11(15)16)8(26-27)7(20)10(24-13)19-3-6(14)9(17)18-12(19)21/h3,5,7-8,10-11,20H,4H2,1-2H3,(H2,17,18,21)/t7-,8+,10-,13-,27?/m0/s1. The molecule has 2 fully saturated rings. The molecule has 0 aromatic carbocycles. The highest BCUT2D eigenvalue weighted by Gasteiger charge is 2.67. The molecule has 3 heterocycles. The third-order valence-corrected chi connectivity index (χ3v) is 5.93. The summed E-state index contributed by atoms with van der Waals surface area (Å²) in [6, 6.07) is 0. The predicted octanol–water partition coefficient (Wildman–Crippen LogP) is 1.32. The number of anilines is 1. The quantitative estimate of drug-likeness (QED) is 0.676. The summed E-state index contributed by atoms with van der Waals surface area (Å²) in [5.41, 5.74) is 1.94. The Bertz CT molecular complexity index is 841. The summed E-state index contributed by atoms with van der Waals surface area (Å²) in [5.74, 6) is -0.277. The van der Waals surface area contributed by atoms with E-state index in [9.17, 15) is 23.2 Å². The first kappa shape index (κ1) is 20.6. The Morgan fingerprint density at radius 2 is 2.22 bits per heavy atom. The molecule has 27 heavy (non-hydrogen) atoms. The Hall–Kier alpha value is -1.14. The van der Waals surface area contributed by atoms with E-state index >= 15 is 0 Å². The van der Waals surface area contributed by atoms with Crippen LogP contribution in [-0.4, -0.2) is 51.6 Å². The van der Waals surface area contributed by atoms with Gasteiger partial charge < -0.3 is 15.6 Å². The summed E-state index contributed by atoms with van der Waals surface area (Å²) in [7, 11) is -4.23. The Kier molecular flexibility index (Phi) is 5.36. The number of nitrogen functional groups attached to an aromatic ring is 1. The molecule has 14 heteroatoms. The summed E-state index contributed by atoms with van der Waals surface area (Å²) >= 11 is 5.81. The monoisotopic (exact) mass is 431 g/mol. The molecule has 0 amide bonds. The Morgan fingerprint density at radius 1 is 1.56 bits per heavy atom. The summed E-state index contributed by atoms with van der Waals surface area (Å²) in [6.45, 7) is 2.18. The zero-order valence-corrected chi connectivity index (χ0v) is 15.8. The molecule has 2 aliphatic rings. The maximum Gasteiger partial charge on any atom is 0.475 e. The zero-order valence-electron chi connectivity index (χ0n) is 14.1. The zero-order chi connectivity index (χ0) is 20.1. The molecule has 5 atom stereocenters. The van der Waals surface area contributed by atoms with E-state index in [0.29, 0.717) is 4.57 Å². The number of rotatable bonds is 4. The lowest BCUT2D eigenvalue weighted by atomic mass is 9.96. The number of fused-ring (bicyclic) bond motifs is 1. The molecule has 0 spiro atoms. The van der Waals surface area contributed by atoms with Crippen molar-refractivity contribution in [3.05, 3.63) is 21.7 Å². The lowest BCUT2D eigenvalue weighted by Gasteiger charge is -2.39. The number of halogens is 3. The number of nitrogens with zero attached hydrogens (tertiary/aromatic N) is 2. The van der Waals surface area contributed by atoms with Crippen LogP contribution in [0.2, 0.25) is 5.02 Å². The molecule has 152 valence electrons. The molecule has 2 saturated heterocycles. The van der Waals surface area contributed by atoms with Crippen molar-refractivity contribution in [2.75, 3.05) is 12.3 Å². The Labute approximate surface area is 156 Å². The van der Waals surface area contributed by atoms with E-state index in [1.165, 1.54) is 13.8 Å². The molecule has 1 aromatic heterocycles. The molecule has 2 aliphatic heterocycles. The van der Waals surface area contributed by atoms with Gasteiger partial charge >= 0.3 is 13.5 Å². The molecular formula is C13H17ClF2N3O7P. The van der Waals surface area contributed by atoms with Crippen LogP contribution in [0.25, 0.3) is 0 Å². The van der Waals surface area contributed by atoms with Crippen molar-refractivity contribution in [2.24, 2.45) is 0 Å². The second-order valence-corrected chi connectivity index (χ2v) is 8.30. The summed E-state index contributed by atoms with van der Waals surface area (Å²) in [6.07, 6.45) is -8.11. The van der Waals surface area contributed by atoms with Crippen LogP contribution < -0.4 is 11.4 Å². The molecule has 0 bridgehead atoms. The molecule has 0 aliphatic carbocycles. The topological polar surface area (TPSA) is 135 Å². The third kappa shape index (κ3) is 3.51. The van der Waals surface area contributed by atoms with Crippen molar-refractivity contribution in [3.8, 4) is 0 Å². The van der Waals surface area contributed by atoms with Crippen molar-refractivity contribution in [1.29, 1.82) is 0 Å². The number of phosphoric acid groups is 1. The maximum atomic E-state index is 13.8. The fraction of sp³-hybridized carbons (Fsp3) is 0.692. The molecule has 1 unspecified atom stereocenters. The van der Waals surface area contributed by atoms with Gasteiger partial charge in [-0.05, 0) is 13.8 Å². The largest absolute Gasteiger partial charge is 0.475 e. The highest BCUT2D eigenvalue weighted by atomic mass is 35.5. The van der Waals surface area contributed by atoms with Crippen molar-refractivity contribution >= 4 is 25.2 Å². The van der Waals surface area contributed by atoms with Gasteiger partial charge in [-0.1, -0.05) is 11.6 Å². The van der Waals surface area contributed by atoms with E-state index in [4.69, 9.17) is 35.6 Å². The summed E-state index contributed by atoms with van der Waals surface area (Å²) in [5, 5.41) is 10.4. The minimum absolute atomic E-state index is 0.155. The minimum atomic E-state index is -4.23. The first-order valence-corrected chi connectivity index (χ1v) is 9.62. The predicted molar refractivity (Wildman–Crippen MR) is 87.4 cm³/mol. The number of ether oxygens (including phenoxy) is 1. The molecule has 10 nitrogen and oxygen atoms in total. The van der Waals surface area contributed by atoms with Crippen molar-refractivity contribution in [1.82, 2.24) is 9.55 Å². The van der Waals surface area contributed by atoms with E-state index in [2.05, 4.69) is 4.98 Å². The van der Waals surface area contributed by atoms with Gasteiger partial charge in [0.25, 0.3) is 6.43 Å². The van der Waals surface area contributed by atoms with Crippen LogP contribution in [0.4, 0.5) is 14.6 Å². The first-order valence-electron chi connectivity index (χ1n) is 7.78. The van der Waals surface area contributed by atoms with Crippen LogP contribution in [0.3, 0.4) is 0 Å². The van der Waals surface area contributed by atoms with Gasteiger partial charge in [0.15, 0.2) is 11.8 Å². The number of hydrogen-bond acceptors (Lipinski definition) is 9. The van der Waals surface area contributed by atoms with Gasteiger partial charge in [0.05, 0.1) is 17.7 Å². The number of nitrogens with two attached hydrogens (primary N) is 1. The smallest absolute Gasteiger partial charge is 0.386 e. The normalized spacial score (nSPS) is 36.4. The number of aliphatic hydroxyl groups is 1. The van der Waals surface area contributed by atoms with E-state index in [1.807, 2.05) is 0 Å². The summed E-state index contributed by atoms with van der Waals surface area (Å²) in [4.78, 5) is 15.5. The lowest BCUT2D eigenvalue weighted by Crippen LogP contribution is -2.56. The van der Waals surface area contributed by atoms with Crippen LogP contribution >= 0.6 is 19.4 Å². The van der Waals surface area contributed by atoms with Gasteiger partial charge in [0.2, 0.25) is 0 Å². The average molecular weight is 432 g/mol. The van der Waals surface area contributed by atoms with Crippen LogP contribution in [0.1, 0.15) is 20.1 Å². The number of phosphoric ester groups is 1. The average Bonchev–Trinajstić information content (AvgIpc) is 2.84. The molecule has 1 aromatic rings. The molecule has 3 rings (SSSR count). The van der Waals surface area contributed by atoms with Crippen LogP contribution in [0, 0.1) is 0 Å². The maximum absolute atomic E-state index is 13.8. The van der Waals surface area contributed by atoms with Crippen molar-refractivity contribution < 1.29 is 36.8 Å². The SMILES string of the molecule is CC(C)OP1(=O)OC[C@]2(C(F)F)O[C@H](n3cc(Cl)c(N)nc3=O)[C@@H](O)[C@H]2O1. The van der Waals surface area contributed by atoms with Crippen molar-refractivity contribution in [2.45, 2.75) is 50.4 Å². The van der Waals surface area contributed by atoms with Crippen LogP contribution in [0.15, 0.2) is 11.0 Å². The lowest BCUT2D eigenvalue weighted by molar-refractivity contribution is -0.208. The van der Waals surface area contributed by atoms with Gasteiger partial charge in [-0.25, -0.2) is 18.1 Å². The number of alkyl halides is 2. The Balaban J connectivity index is 2.00. The molecule has 3 N–H and O–H groups in total. The Morgan fingerprint density at radius 3 is 2.81 bits per heavy atom. The van der Waals surface area contributed by atoms with E-state index in [-0.39, 0.29) is 10.8 Å². The van der Waals surface area contributed by atoms with Gasteiger partial charge in [0.1, 0.15) is 18.0 Å². The second-order valence-electron chi connectivity index (χ2n) is 6.32. The van der Waals surface area contributed by atoms with Gasteiger partial charge in [-0.2, -0.15) is 4.98 Å². The molecule has 0 saturated carbocycles.